The lowest BCUT2D eigenvalue weighted by atomic mass is 10.0. The zero-order chi connectivity index (χ0) is 15.2. The summed E-state index contributed by atoms with van der Waals surface area (Å²) in [6.07, 6.45) is 2.89. The fourth-order valence-electron chi connectivity index (χ4n) is 2.99. The maximum absolute atomic E-state index is 12.7. The lowest BCUT2D eigenvalue weighted by molar-refractivity contribution is -0.134. The lowest BCUT2D eigenvalue weighted by Gasteiger charge is -2.36. The number of carbonyl (C=O) groups is 1. The quantitative estimate of drug-likeness (QED) is 0.889. The van der Waals surface area contributed by atoms with Gasteiger partial charge in [0.05, 0.1) is 6.04 Å². The van der Waals surface area contributed by atoms with E-state index in [-0.39, 0.29) is 11.9 Å². The molecule has 116 valence electrons. The fraction of sp³-hybridized carbons (Fsp3) is 0.588. The molecule has 4 nitrogen and oxygen atoms in total. The first-order valence-electron chi connectivity index (χ1n) is 7.78. The van der Waals surface area contributed by atoms with Crippen LogP contribution in [0.5, 0.6) is 0 Å². The van der Waals surface area contributed by atoms with Gasteiger partial charge in [-0.2, -0.15) is 0 Å². The van der Waals surface area contributed by atoms with Crippen LogP contribution in [0.25, 0.3) is 0 Å². The molecule has 1 aromatic carbocycles. The van der Waals surface area contributed by atoms with Crippen LogP contribution in [0.4, 0.5) is 0 Å². The third-order valence-corrected chi connectivity index (χ3v) is 4.44. The van der Waals surface area contributed by atoms with Crippen molar-refractivity contribution >= 4 is 5.91 Å². The van der Waals surface area contributed by atoms with Gasteiger partial charge in [-0.25, -0.2) is 0 Å². The Morgan fingerprint density at radius 2 is 1.90 bits per heavy atom. The molecule has 1 amide bonds. The molecule has 1 aliphatic rings. The van der Waals surface area contributed by atoms with Crippen molar-refractivity contribution in [2.24, 2.45) is 0 Å². The summed E-state index contributed by atoms with van der Waals surface area (Å²) in [6.45, 7) is 1.74. The van der Waals surface area contributed by atoms with Crippen LogP contribution >= 0.6 is 0 Å². The molecule has 1 atom stereocenters. The highest BCUT2D eigenvalue weighted by atomic mass is 16.2. The number of hydrogen-bond acceptors (Lipinski definition) is 3. The number of likely N-dealkylation sites (tertiary alicyclic amines) is 1. The normalized spacial score (nSPS) is 18.0. The molecule has 1 saturated heterocycles. The van der Waals surface area contributed by atoms with Crippen LogP contribution in [-0.4, -0.2) is 62.0 Å². The lowest BCUT2D eigenvalue weighted by Crippen LogP contribution is -2.51. The Morgan fingerprint density at radius 3 is 2.43 bits per heavy atom. The first-order valence-corrected chi connectivity index (χ1v) is 7.78. The van der Waals surface area contributed by atoms with Crippen LogP contribution in [0, 0.1) is 0 Å². The van der Waals surface area contributed by atoms with Crippen LogP contribution < -0.4 is 5.32 Å². The molecule has 1 fully saturated rings. The van der Waals surface area contributed by atoms with Crippen LogP contribution in [-0.2, 0) is 11.2 Å². The monoisotopic (exact) mass is 289 g/mol. The Balaban J connectivity index is 1.92. The van der Waals surface area contributed by atoms with Gasteiger partial charge in [0.2, 0.25) is 5.91 Å². The van der Waals surface area contributed by atoms with Crippen molar-refractivity contribution in [3.05, 3.63) is 35.9 Å². The minimum Gasteiger partial charge on any atom is -0.341 e. The summed E-state index contributed by atoms with van der Waals surface area (Å²) in [5.74, 6) is 0.235. The summed E-state index contributed by atoms with van der Waals surface area (Å²) < 4.78 is 0. The molecule has 1 heterocycles. The number of nitrogens with one attached hydrogen (secondary N) is 1. The van der Waals surface area contributed by atoms with Gasteiger partial charge in [-0.1, -0.05) is 30.3 Å². The van der Waals surface area contributed by atoms with Crippen molar-refractivity contribution in [2.45, 2.75) is 31.3 Å². The van der Waals surface area contributed by atoms with E-state index in [9.17, 15) is 4.79 Å². The second-order valence-corrected chi connectivity index (χ2v) is 6.05. The molecule has 1 N–H and O–H groups in total. The van der Waals surface area contributed by atoms with Crippen LogP contribution in [0.2, 0.25) is 0 Å². The Morgan fingerprint density at radius 1 is 1.29 bits per heavy atom. The molecule has 0 radical (unpaired) electrons. The van der Waals surface area contributed by atoms with E-state index >= 15 is 0 Å². The Labute approximate surface area is 128 Å². The van der Waals surface area contributed by atoms with Gasteiger partial charge in [0.25, 0.3) is 0 Å². The molecule has 0 saturated carbocycles. The van der Waals surface area contributed by atoms with Gasteiger partial charge in [-0.3, -0.25) is 4.79 Å². The molecule has 1 aliphatic heterocycles. The van der Waals surface area contributed by atoms with Crippen molar-refractivity contribution in [1.82, 2.24) is 15.1 Å². The zero-order valence-corrected chi connectivity index (χ0v) is 13.4. The zero-order valence-electron chi connectivity index (χ0n) is 13.4. The van der Waals surface area contributed by atoms with Gasteiger partial charge in [-0.05, 0) is 46.0 Å². The van der Waals surface area contributed by atoms with Crippen LogP contribution in [0.1, 0.15) is 18.4 Å². The van der Waals surface area contributed by atoms with E-state index < -0.39 is 0 Å². The van der Waals surface area contributed by atoms with E-state index in [0.717, 1.165) is 32.4 Å². The van der Waals surface area contributed by atoms with Crippen molar-refractivity contribution in [3.8, 4) is 0 Å². The van der Waals surface area contributed by atoms with E-state index in [1.165, 1.54) is 5.56 Å². The molecule has 0 bridgehead atoms. The summed E-state index contributed by atoms with van der Waals surface area (Å²) >= 11 is 0. The van der Waals surface area contributed by atoms with Gasteiger partial charge in [0.15, 0.2) is 0 Å². The highest BCUT2D eigenvalue weighted by Crippen LogP contribution is 2.16. The number of carbonyl (C=O) groups excluding carboxylic acids is 1. The predicted molar refractivity (Wildman–Crippen MR) is 86.3 cm³/mol. The van der Waals surface area contributed by atoms with Crippen molar-refractivity contribution in [3.63, 3.8) is 0 Å². The molecule has 0 unspecified atom stereocenters. The second kappa shape index (κ2) is 7.57. The number of rotatable bonds is 5. The summed E-state index contributed by atoms with van der Waals surface area (Å²) in [5.41, 5.74) is 1.20. The molecule has 0 spiro atoms. The fourth-order valence-corrected chi connectivity index (χ4v) is 2.99. The van der Waals surface area contributed by atoms with Crippen molar-refractivity contribution < 1.29 is 4.79 Å². The molecule has 21 heavy (non-hydrogen) atoms. The smallest absolute Gasteiger partial charge is 0.240 e. The highest BCUT2D eigenvalue weighted by Gasteiger charge is 2.28. The molecule has 4 heteroatoms. The van der Waals surface area contributed by atoms with Crippen molar-refractivity contribution in [1.29, 1.82) is 0 Å². The second-order valence-electron chi connectivity index (χ2n) is 6.05. The van der Waals surface area contributed by atoms with Crippen LogP contribution in [0.15, 0.2) is 30.3 Å². The molecule has 0 aliphatic carbocycles. The topological polar surface area (TPSA) is 35.6 Å². The Kier molecular flexibility index (Phi) is 5.76. The van der Waals surface area contributed by atoms with E-state index in [1.54, 1.807) is 0 Å². The third-order valence-electron chi connectivity index (χ3n) is 4.44. The molecule has 0 aromatic heterocycles. The largest absolute Gasteiger partial charge is 0.341 e. The minimum absolute atomic E-state index is 0.122. The molecule has 1 aromatic rings. The number of amides is 1. The van der Waals surface area contributed by atoms with E-state index in [4.69, 9.17) is 0 Å². The predicted octanol–water partition coefficient (Wildman–Crippen LogP) is 1.37. The highest BCUT2D eigenvalue weighted by molar-refractivity contribution is 5.82. The van der Waals surface area contributed by atoms with Gasteiger partial charge in [0.1, 0.15) is 0 Å². The van der Waals surface area contributed by atoms with Gasteiger partial charge < -0.3 is 15.1 Å². The summed E-state index contributed by atoms with van der Waals surface area (Å²) in [7, 11) is 6.11. The van der Waals surface area contributed by atoms with Crippen LogP contribution in [0.3, 0.4) is 0 Å². The summed E-state index contributed by atoms with van der Waals surface area (Å²) in [5, 5.41) is 3.18. The summed E-state index contributed by atoms with van der Waals surface area (Å²) in [4.78, 5) is 16.9. The molecular weight excluding hydrogens is 262 g/mol. The van der Waals surface area contributed by atoms with E-state index in [0.29, 0.717) is 6.04 Å². The molecule has 2 rings (SSSR count). The van der Waals surface area contributed by atoms with E-state index in [1.807, 2.05) is 30.1 Å². The minimum atomic E-state index is -0.122. The first-order chi connectivity index (χ1) is 10.1. The van der Waals surface area contributed by atoms with E-state index in [2.05, 4.69) is 36.4 Å². The number of benzene rings is 1. The average molecular weight is 289 g/mol. The average Bonchev–Trinajstić information content (AvgIpc) is 2.53. The van der Waals surface area contributed by atoms with Crippen molar-refractivity contribution in [2.75, 3.05) is 34.2 Å². The first kappa shape index (κ1) is 16.0. The summed E-state index contributed by atoms with van der Waals surface area (Å²) in [6, 6.07) is 10.7. The number of piperidine rings is 1. The maximum Gasteiger partial charge on any atom is 0.240 e. The SMILES string of the molecule is CN[C@H](Cc1ccccc1)C(=O)N1CCC(N(C)C)CC1. The van der Waals surface area contributed by atoms with Gasteiger partial charge in [-0.15, -0.1) is 0 Å². The van der Waals surface area contributed by atoms with Gasteiger partial charge >= 0.3 is 0 Å². The molecular formula is C17H27N3O. The Hall–Kier alpha value is -1.39. The van der Waals surface area contributed by atoms with Gasteiger partial charge in [0, 0.05) is 19.1 Å². The Bertz CT molecular complexity index is 439. The third kappa shape index (κ3) is 4.29. The number of hydrogen-bond donors (Lipinski definition) is 1. The number of likely N-dealkylation sites (N-methyl/N-ethyl adjacent to an activating group) is 1. The standard InChI is InChI=1S/C17H27N3O/c1-18-16(13-14-7-5-4-6-8-14)17(21)20-11-9-15(10-12-20)19(2)3/h4-8,15-16,18H,9-13H2,1-3H3/t16-/m1/s1. The number of nitrogens with zero attached hydrogens (tertiary/aromatic N) is 2. The maximum atomic E-state index is 12.7.